The van der Waals surface area contributed by atoms with Crippen LogP contribution in [0.5, 0.6) is 5.75 Å². The van der Waals surface area contributed by atoms with Crippen molar-refractivity contribution >= 4 is 31.9 Å². The summed E-state index contributed by atoms with van der Waals surface area (Å²) in [7, 11) is -3.88. The van der Waals surface area contributed by atoms with Gasteiger partial charge in [-0.15, -0.1) is 0 Å². The Bertz CT molecular complexity index is 587. The van der Waals surface area contributed by atoms with Crippen LogP contribution in [-0.4, -0.2) is 27.0 Å². The van der Waals surface area contributed by atoms with Crippen molar-refractivity contribution in [3.63, 3.8) is 0 Å². The molecular formula is C12H17BrN2O4S. The molecule has 0 aliphatic rings. The first-order valence-corrected chi connectivity index (χ1v) is 8.28. The molecule has 8 heteroatoms. The molecule has 0 heterocycles. The van der Waals surface area contributed by atoms with Crippen LogP contribution in [0.25, 0.3) is 0 Å². The molecule has 0 atom stereocenters. The van der Waals surface area contributed by atoms with Crippen molar-refractivity contribution in [1.29, 1.82) is 0 Å². The Morgan fingerprint density at radius 2 is 2.10 bits per heavy atom. The molecule has 0 saturated heterocycles. The molecule has 1 rings (SSSR count). The second kappa shape index (κ2) is 7.05. The number of sulfonamides is 1. The van der Waals surface area contributed by atoms with Gasteiger partial charge in [0.15, 0.2) is 0 Å². The van der Waals surface area contributed by atoms with Gasteiger partial charge in [-0.1, -0.05) is 15.9 Å². The van der Waals surface area contributed by atoms with Gasteiger partial charge in [0.2, 0.25) is 15.9 Å². The van der Waals surface area contributed by atoms with Gasteiger partial charge in [-0.3, -0.25) is 4.79 Å². The maximum Gasteiger partial charge on any atom is 0.241 e. The van der Waals surface area contributed by atoms with Crippen LogP contribution in [0.15, 0.2) is 27.6 Å². The average Bonchev–Trinajstić information content (AvgIpc) is 2.28. The van der Waals surface area contributed by atoms with Gasteiger partial charge in [-0.05, 0) is 32.0 Å². The van der Waals surface area contributed by atoms with Gasteiger partial charge >= 0.3 is 0 Å². The van der Waals surface area contributed by atoms with E-state index in [0.29, 0.717) is 4.47 Å². The molecule has 112 valence electrons. The third kappa shape index (κ3) is 5.48. The quantitative estimate of drug-likeness (QED) is 0.796. The molecule has 0 radical (unpaired) electrons. The number of primary sulfonamides is 1. The first kappa shape index (κ1) is 16.9. The van der Waals surface area contributed by atoms with Crippen LogP contribution in [-0.2, 0) is 14.8 Å². The number of hydrogen-bond donors (Lipinski definition) is 2. The zero-order valence-electron chi connectivity index (χ0n) is 11.2. The van der Waals surface area contributed by atoms with E-state index >= 15 is 0 Å². The zero-order valence-corrected chi connectivity index (χ0v) is 13.6. The summed E-state index contributed by atoms with van der Waals surface area (Å²) in [6.07, 6.45) is 0.137. The zero-order chi connectivity index (χ0) is 15.3. The number of hydrogen-bond acceptors (Lipinski definition) is 4. The molecule has 0 spiro atoms. The summed E-state index contributed by atoms with van der Waals surface area (Å²) in [5.41, 5.74) is 0. The van der Waals surface area contributed by atoms with Gasteiger partial charge < -0.3 is 10.1 Å². The van der Waals surface area contributed by atoms with Crippen molar-refractivity contribution in [1.82, 2.24) is 5.32 Å². The minimum Gasteiger partial charge on any atom is -0.492 e. The number of nitrogens with two attached hydrogens (primary N) is 1. The lowest BCUT2D eigenvalue weighted by atomic mass is 10.3. The van der Waals surface area contributed by atoms with Crippen LogP contribution < -0.4 is 15.2 Å². The minimum atomic E-state index is -3.88. The number of carbonyl (C=O) groups excluding carboxylic acids is 1. The van der Waals surface area contributed by atoms with Crippen molar-refractivity contribution in [3.05, 3.63) is 22.7 Å². The summed E-state index contributed by atoms with van der Waals surface area (Å²) in [6, 6.07) is 4.54. The van der Waals surface area contributed by atoms with Gasteiger partial charge in [0, 0.05) is 10.5 Å². The summed E-state index contributed by atoms with van der Waals surface area (Å²) < 4.78 is 28.8. The third-order valence-electron chi connectivity index (χ3n) is 2.25. The monoisotopic (exact) mass is 364 g/mol. The van der Waals surface area contributed by atoms with Crippen molar-refractivity contribution in [2.24, 2.45) is 5.14 Å². The topological polar surface area (TPSA) is 98.5 Å². The lowest BCUT2D eigenvalue weighted by molar-refractivity contribution is -0.122. The molecule has 1 amide bonds. The molecule has 0 unspecified atom stereocenters. The van der Waals surface area contributed by atoms with E-state index in [1.54, 1.807) is 6.07 Å². The molecule has 0 bridgehead atoms. The SMILES string of the molecule is CC(C)NC(=O)CCOc1ccc(Br)cc1S(N)(=O)=O. The van der Waals surface area contributed by atoms with Gasteiger partial charge in [0.25, 0.3) is 0 Å². The van der Waals surface area contributed by atoms with Gasteiger partial charge in [-0.25, -0.2) is 13.6 Å². The molecule has 1 aromatic carbocycles. The van der Waals surface area contributed by atoms with Crippen LogP contribution >= 0.6 is 15.9 Å². The fourth-order valence-corrected chi connectivity index (χ4v) is 2.68. The maximum absolute atomic E-state index is 11.4. The second-order valence-electron chi connectivity index (χ2n) is 4.46. The van der Waals surface area contributed by atoms with Crippen molar-refractivity contribution in [2.45, 2.75) is 31.2 Å². The Labute approximate surface area is 126 Å². The molecule has 0 saturated carbocycles. The Kier molecular flexibility index (Phi) is 5.97. The number of halogens is 1. The largest absolute Gasteiger partial charge is 0.492 e. The number of carbonyl (C=O) groups is 1. The van der Waals surface area contributed by atoms with Crippen LogP contribution in [0.3, 0.4) is 0 Å². The molecular weight excluding hydrogens is 348 g/mol. The second-order valence-corrected chi connectivity index (χ2v) is 6.90. The Hall–Kier alpha value is -1.12. The highest BCUT2D eigenvalue weighted by molar-refractivity contribution is 9.10. The fourth-order valence-electron chi connectivity index (χ4n) is 1.47. The maximum atomic E-state index is 11.4. The highest BCUT2D eigenvalue weighted by atomic mass is 79.9. The molecule has 1 aromatic rings. The van der Waals surface area contributed by atoms with Gasteiger partial charge in [0.1, 0.15) is 10.6 Å². The highest BCUT2D eigenvalue weighted by Gasteiger charge is 2.16. The Morgan fingerprint density at radius 1 is 1.45 bits per heavy atom. The molecule has 0 fully saturated rings. The van der Waals surface area contributed by atoms with E-state index in [2.05, 4.69) is 21.2 Å². The van der Waals surface area contributed by atoms with Crippen molar-refractivity contribution in [2.75, 3.05) is 6.61 Å². The van der Waals surface area contributed by atoms with E-state index in [9.17, 15) is 13.2 Å². The summed E-state index contributed by atoms with van der Waals surface area (Å²) in [6.45, 7) is 3.78. The van der Waals surface area contributed by atoms with Crippen molar-refractivity contribution in [3.8, 4) is 5.75 Å². The van der Waals surface area contributed by atoms with Crippen LogP contribution in [0.1, 0.15) is 20.3 Å². The minimum absolute atomic E-state index is 0.0511. The van der Waals surface area contributed by atoms with E-state index in [0.717, 1.165) is 0 Å². The summed E-state index contributed by atoms with van der Waals surface area (Å²) in [4.78, 5) is 11.3. The van der Waals surface area contributed by atoms with E-state index in [4.69, 9.17) is 9.88 Å². The lowest BCUT2D eigenvalue weighted by Gasteiger charge is -2.11. The lowest BCUT2D eigenvalue weighted by Crippen LogP contribution is -2.31. The van der Waals surface area contributed by atoms with E-state index in [1.165, 1.54) is 12.1 Å². The van der Waals surface area contributed by atoms with Crippen LogP contribution in [0.2, 0.25) is 0 Å². The molecule has 20 heavy (non-hydrogen) atoms. The van der Waals surface area contributed by atoms with E-state index in [1.807, 2.05) is 13.8 Å². The van der Waals surface area contributed by atoms with Crippen molar-refractivity contribution < 1.29 is 17.9 Å². The molecule has 0 aliphatic heterocycles. The first-order chi connectivity index (χ1) is 9.20. The molecule has 6 nitrogen and oxygen atoms in total. The molecule has 0 aliphatic carbocycles. The summed E-state index contributed by atoms with van der Waals surface area (Å²) >= 11 is 3.17. The molecule has 3 N–H and O–H groups in total. The van der Waals surface area contributed by atoms with Gasteiger partial charge in [0.05, 0.1) is 13.0 Å². The average molecular weight is 365 g/mol. The highest BCUT2D eigenvalue weighted by Crippen LogP contribution is 2.26. The fraction of sp³-hybridized carbons (Fsp3) is 0.417. The summed E-state index contributed by atoms with van der Waals surface area (Å²) in [5, 5.41) is 7.83. The molecule has 0 aromatic heterocycles. The number of benzene rings is 1. The standard InChI is InChI=1S/C12H17BrN2O4S/c1-8(2)15-12(16)5-6-19-10-4-3-9(13)7-11(10)20(14,17)18/h3-4,7-8H,5-6H2,1-2H3,(H,15,16)(H2,14,17,18). The van der Waals surface area contributed by atoms with Crippen LogP contribution in [0.4, 0.5) is 0 Å². The van der Waals surface area contributed by atoms with E-state index in [-0.39, 0.29) is 35.6 Å². The summed E-state index contributed by atoms with van der Waals surface area (Å²) in [5.74, 6) is -0.0256. The Balaban J connectivity index is 2.72. The number of amides is 1. The first-order valence-electron chi connectivity index (χ1n) is 5.94. The smallest absolute Gasteiger partial charge is 0.241 e. The predicted octanol–water partition coefficient (Wildman–Crippen LogP) is 1.39. The van der Waals surface area contributed by atoms with E-state index < -0.39 is 10.0 Å². The van der Waals surface area contributed by atoms with Gasteiger partial charge in [-0.2, -0.15) is 0 Å². The number of ether oxygens (including phenoxy) is 1. The predicted molar refractivity (Wildman–Crippen MR) is 78.9 cm³/mol. The number of nitrogens with one attached hydrogen (secondary N) is 1. The normalized spacial score (nSPS) is 11.4. The Morgan fingerprint density at radius 3 is 2.65 bits per heavy atom. The van der Waals surface area contributed by atoms with Crippen LogP contribution in [0, 0.1) is 0 Å². The third-order valence-corrected chi connectivity index (χ3v) is 3.67. The number of rotatable bonds is 6.